The fourth-order valence-electron chi connectivity index (χ4n) is 2.79. The van der Waals surface area contributed by atoms with Crippen LogP contribution in [0.1, 0.15) is 16.7 Å². The van der Waals surface area contributed by atoms with Crippen molar-refractivity contribution in [2.24, 2.45) is 5.10 Å². The standard InChI is InChI=1S/C22H19ClN4O/c1-15-7-9-19-20(11-15)26-22(25-19)27-24-13-17-8-10-21(18(23)12-17)28-14-16-5-3-2-4-6-16/h2-13H,14H2,1H3,(H2,25,26,27)/b24-13-. The van der Waals surface area contributed by atoms with Gasteiger partial charge in [-0.3, -0.25) is 0 Å². The molecule has 6 heteroatoms. The molecule has 1 heterocycles. The Labute approximate surface area is 168 Å². The maximum absolute atomic E-state index is 6.33. The summed E-state index contributed by atoms with van der Waals surface area (Å²) >= 11 is 6.33. The van der Waals surface area contributed by atoms with Crippen LogP contribution >= 0.6 is 11.6 Å². The quantitative estimate of drug-likeness (QED) is 0.335. The van der Waals surface area contributed by atoms with Crippen LogP contribution in [0.3, 0.4) is 0 Å². The van der Waals surface area contributed by atoms with Gasteiger partial charge in [-0.15, -0.1) is 0 Å². The summed E-state index contributed by atoms with van der Waals surface area (Å²) in [7, 11) is 0. The van der Waals surface area contributed by atoms with Crippen molar-refractivity contribution in [2.45, 2.75) is 13.5 Å². The van der Waals surface area contributed by atoms with E-state index < -0.39 is 0 Å². The second-order valence-corrected chi connectivity index (χ2v) is 6.85. The molecular formula is C22H19ClN4O. The van der Waals surface area contributed by atoms with Crippen molar-refractivity contribution in [1.29, 1.82) is 0 Å². The number of fused-ring (bicyclic) bond motifs is 1. The van der Waals surface area contributed by atoms with Gasteiger partial charge in [0.15, 0.2) is 0 Å². The van der Waals surface area contributed by atoms with Gasteiger partial charge in [0.05, 0.1) is 22.3 Å². The van der Waals surface area contributed by atoms with E-state index in [0.717, 1.165) is 22.2 Å². The molecule has 0 aliphatic heterocycles. The van der Waals surface area contributed by atoms with Gasteiger partial charge < -0.3 is 9.72 Å². The molecule has 4 aromatic rings. The molecule has 0 aliphatic rings. The molecule has 2 N–H and O–H groups in total. The molecule has 0 fully saturated rings. The van der Waals surface area contributed by atoms with Crippen molar-refractivity contribution in [3.05, 3.63) is 88.4 Å². The summed E-state index contributed by atoms with van der Waals surface area (Å²) in [5, 5.41) is 4.77. The minimum atomic E-state index is 0.473. The zero-order valence-corrected chi connectivity index (χ0v) is 16.1. The largest absolute Gasteiger partial charge is 0.487 e. The summed E-state index contributed by atoms with van der Waals surface area (Å²) < 4.78 is 5.79. The molecule has 3 aromatic carbocycles. The Hall–Kier alpha value is -3.31. The van der Waals surface area contributed by atoms with Crippen LogP contribution in [0.15, 0.2) is 71.8 Å². The lowest BCUT2D eigenvalue weighted by molar-refractivity contribution is 0.306. The summed E-state index contributed by atoms with van der Waals surface area (Å²) in [5.74, 6) is 1.23. The lowest BCUT2D eigenvalue weighted by Crippen LogP contribution is -1.96. The number of ether oxygens (including phenoxy) is 1. The van der Waals surface area contributed by atoms with Gasteiger partial charge in [0.25, 0.3) is 0 Å². The predicted molar refractivity (Wildman–Crippen MR) is 114 cm³/mol. The SMILES string of the molecule is Cc1ccc2nc(N/N=C\c3ccc(OCc4ccccc4)c(Cl)c3)[nH]c2c1. The van der Waals surface area contributed by atoms with E-state index in [-0.39, 0.29) is 0 Å². The maximum atomic E-state index is 6.33. The first-order valence-electron chi connectivity index (χ1n) is 8.89. The molecule has 140 valence electrons. The second kappa shape index (κ2) is 8.15. The third-order valence-corrected chi connectivity index (χ3v) is 4.51. The maximum Gasteiger partial charge on any atom is 0.222 e. The lowest BCUT2D eigenvalue weighted by atomic mass is 10.2. The normalized spacial score (nSPS) is 11.2. The molecule has 0 aliphatic carbocycles. The van der Waals surface area contributed by atoms with E-state index in [1.807, 2.05) is 73.7 Å². The number of hydrogen-bond donors (Lipinski definition) is 2. The van der Waals surface area contributed by atoms with Crippen LogP contribution in [0, 0.1) is 6.92 Å². The molecular weight excluding hydrogens is 372 g/mol. The Balaban J connectivity index is 1.39. The Morgan fingerprint density at radius 3 is 2.79 bits per heavy atom. The van der Waals surface area contributed by atoms with Gasteiger partial charge in [0.1, 0.15) is 12.4 Å². The van der Waals surface area contributed by atoms with E-state index in [1.165, 1.54) is 5.56 Å². The van der Waals surface area contributed by atoms with Crippen molar-refractivity contribution in [3.8, 4) is 5.75 Å². The Kier molecular flexibility index (Phi) is 5.26. The van der Waals surface area contributed by atoms with Crippen LogP contribution in [-0.4, -0.2) is 16.2 Å². The zero-order valence-electron chi connectivity index (χ0n) is 15.3. The topological polar surface area (TPSA) is 62.3 Å². The summed E-state index contributed by atoms with van der Waals surface area (Å²) in [6.45, 7) is 2.52. The monoisotopic (exact) mass is 390 g/mol. The molecule has 0 bridgehead atoms. The molecule has 0 radical (unpaired) electrons. The molecule has 4 rings (SSSR count). The van der Waals surface area contributed by atoms with E-state index in [9.17, 15) is 0 Å². The van der Waals surface area contributed by atoms with E-state index in [0.29, 0.717) is 23.3 Å². The van der Waals surface area contributed by atoms with E-state index in [1.54, 1.807) is 6.21 Å². The Bertz CT molecular complexity index is 1120. The molecule has 0 saturated carbocycles. The third-order valence-electron chi connectivity index (χ3n) is 4.21. The van der Waals surface area contributed by atoms with Gasteiger partial charge in [-0.1, -0.05) is 48.0 Å². The lowest BCUT2D eigenvalue weighted by Gasteiger charge is -2.08. The molecule has 1 aromatic heterocycles. The Morgan fingerprint density at radius 1 is 1.11 bits per heavy atom. The number of aromatic nitrogens is 2. The summed E-state index contributed by atoms with van der Waals surface area (Å²) in [4.78, 5) is 7.64. The summed E-state index contributed by atoms with van der Waals surface area (Å²) in [6, 6.07) is 21.6. The van der Waals surface area contributed by atoms with Crippen LogP contribution in [0.25, 0.3) is 11.0 Å². The van der Waals surface area contributed by atoms with E-state index >= 15 is 0 Å². The second-order valence-electron chi connectivity index (χ2n) is 6.44. The van der Waals surface area contributed by atoms with Crippen LogP contribution in [0.4, 0.5) is 5.95 Å². The van der Waals surface area contributed by atoms with Crippen molar-refractivity contribution in [2.75, 3.05) is 5.43 Å². The van der Waals surface area contributed by atoms with Crippen LogP contribution in [0.2, 0.25) is 5.02 Å². The van der Waals surface area contributed by atoms with Gasteiger partial charge >= 0.3 is 0 Å². The number of imidazole rings is 1. The summed E-state index contributed by atoms with van der Waals surface area (Å²) in [6.07, 6.45) is 1.69. The number of rotatable bonds is 6. The minimum Gasteiger partial charge on any atom is -0.487 e. The average molecular weight is 391 g/mol. The first-order chi connectivity index (χ1) is 13.7. The molecule has 0 saturated heterocycles. The van der Waals surface area contributed by atoms with Gasteiger partial charge in [-0.25, -0.2) is 10.4 Å². The first kappa shape index (κ1) is 18.1. The van der Waals surface area contributed by atoms with Crippen molar-refractivity contribution in [3.63, 3.8) is 0 Å². The average Bonchev–Trinajstić information content (AvgIpc) is 3.10. The Morgan fingerprint density at radius 2 is 1.96 bits per heavy atom. The van der Waals surface area contributed by atoms with Gasteiger partial charge in [-0.05, 0) is 53.9 Å². The smallest absolute Gasteiger partial charge is 0.222 e. The number of anilines is 1. The number of H-pyrrole nitrogens is 1. The molecule has 0 atom stereocenters. The first-order valence-corrected chi connectivity index (χ1v) is 9.27. The number of aryl methyl sites for hydroxylation is 1. The highest BCUT2D eigenvalue weighted by Gasteiger charge is 2.04. The molecule has 28 heavy (non-hydrogen) atoms. The number of benzene rings is 3. The van der Waals surface area contributed by atoms with Crippen LogP contribution in [0.5, 0.6) is 5.75 Å². The molecule has 5 nitrogen and oxygen atoms in total. The predicted octanol–water partition coefficient (Wildman–Crippen LogP) is 5.55. The van der Waals surface area contributed by atoms with Gasteiger partial charge in [-0.2, -0.15) is 5.10 Å². The van der Waals surface area contributed by atoms with Crippen molar-refractivity contribution in [1.82, 2.24) is 9.97 Å². The number of aromatic amines is 1. The van der Waals surface area contributed by atoms with Gasteiger partial charge in [0.2, 0.25) is 5.95 Å². The van der Waals surface area contributed by atoms with Crippen LogP contribution in [-0.2, 0) is 6.61 Å². The van der Waals surface area contributed by atoms with Crippen molar-refractivity contribution < 1.29 is 4.74 Å². The fraction of sp³-hybridized carbons (Fsp3) is 0.0909. The van der Waals surface area contributed by atoms with E-state index in [2.05, 4.69) is 20.5 Å². The third kappa shape index (κ3) is 4.32. The number of nitrogens with one attached hydrogen (secondary N) is 2. The van der Waals surface area contributed by atoms with E-state index in [4.69, 9.17) is 16.3 Å². The number of nitrogens with zero attached hydrogens (tertiary/aromatic N) is 2. The number of hydrazone groups is 1. The van der Waals surface area contributed by atoms with Gasteiger partial charge in [0, 0.05) is 0 Å². The fourth-order valence-corrected chi connectivity index (χ4v) is 3.04. The highest BCUT2D eigenvalue weighted by atomic mass is 35.5. The van der Waals surface area contributed by atoms with Crippen molar-refractivity contribution >= 4 is 34.8 Å². The molecule has 0 spiro atoms. The minimum absolute atomic E-state index is 0.473. The number of halogens is 1. The summed E-state index contributed by atoms with van der Waals surface area (Å²) in [5.41, 5.74) is 7.90. The highest BCUT2D eigenvalue weighted by Crippen LogP contribution is 2.26. The highest BCUT2D eigenvalue weighted by molar-refractivity contribution is 6.32. The zero-order chi connectivity index (χ0) is 19.3. The number of hydrogen-bond acceptors (Lipinski definition) is 4. The molecule has 0 amide bonds. The van der Waals surface area contributed by atoms with Crippen LogP contribution < -0.4 is 10.2 Å². The molecule has 0 unspecified atom stereocenters.